The summed E-state index contributed by atoms with van der Waals surface area (Å²) in [5.74, 6) is 1.14. The van der Waals surface area contributed by atoms with Gasteiger partial charge in [-0.2, -0.15) is 0 Å². The van der Waals surface area contributed by atoms with E-state index in [1.165, 1.54) is 13.0 Å². The van der Waals surface area contributed by atoms with E-state index in [2.05, 4.69) is 9.64 Å². The number of hydrogen-bond donors (Lipinski definition) is 1. The molecular formula is C8H13FN2O. The average Bonchev–Trinajstić information content (AvgIpc) is 2.60. The second kappa shape index (κ2) is 3.01. The monoisotopic (exact) mass is 172 g/mol. The van der Waals surface area contributed by atoms with Crippen LogP contribution in [0.15, 0.2) is 0 Å². The van der Waals surface area contributed by atoms with Gasteiger partial charge in [0.15, 0.2) is 0 Å². The van der Waals surface area contributed by atoms with Gasteiger partial charge >= 0.3 is 6.15 Å². The van der Waals surface area contributed by atoms with Gasteiger partial charge < -0.3 is 9.64 Å². The van der Waals surface area contributed by atoms with E-state index in [0.29, 0.717) is 18.4 Å². The fraction of sp³-hybridized carbons (Fsp3) is 0.875. The maximum Gasteiger partial charge on any atom is 0.368 e. The standard InChI is InChI=1S/C8H13FN2O/c9-8(10)12-5-7-4-11-2-1-6(7)3-11/h6-7,10H,1-5H2. The number of nitrogens with zero attached hydrogens (tertiary/aromatic N) is 1. The Labute approximate surface area is 71.0 Å². The van der Waals surface area contributed by atoms with Crippen molar-refractivity contribution in [1.82, 2.24) is 4.90 Å². The summed E-state index contributed by atoms with van der Waals surface area (Å²) in [5, 5.41) is 6.49. The first-order valence-electron chi connectivity index (χ1n) is 4.35. The third kappa shape index (κ3) is 1.43. The molecule has 3 unspecified atom stereocenters. The molecule has 2 aliphatic heterocycles. The number of nitrogens with one attached hydrogen (secondary N) is 1. The molecule has 68 valence electrons. The van der Waals surface area contributed by atoms with Gasteiger partial charge in [-0.15, -0.1) is 4.39 Å². The molecule has 2 aliphatic rings. The summed E-state index contributed by atoms with van der Waals surface area (Å²) < 4.78 is 16.5. The Balaban J connectivity index is 1.79. The van der Waals surface area contributed by atoms with Gasteiger partial charge in [-0.1, -0.05) is 0 Å². The van der Waals surface area contributed by atoms with Crippen molar-refractivity contribution in [3.05, 3.63) is 0 Å². The van der Waals surface area contributed by atoms with Gasteiger partial charge in [0.1, 0.15) is 0 Å². The first-order chi connectivity index (χ1) is 5.75. The van der Waals surface area contributed by atoms with Crippen LogP contribution in [-0.2, 0) is 4.74 Å². The summed E-state index contributed by atoms with van der Waals surface area (Å²) in [6.07, 6.45) is 0.0703. The SMILES string of the molecule is N=C(F)OCC1CN2CCC1C2. The van der Waals surface area contributed by atoms with Gasteiger partial charge in [-0.05, 0) is 18.9 Å². The molecule has 2 rings (SSSR count). The van der Waals surface area contributed by atoms with Crippen LogP contribution in [0.4, 0.5) is 4.39 Å². The van der Waals surface area contributed by atoms with Crippen molar-refractivity contribution in [3.63, 3.8) is 0 Å². The van der Waals surface area contributed by atoms with Crippen LogP contribution in [0.25, 0.3) is 0 Å². The van der Waals surface area contributed by atoms with Crippen LogP contribution < -0.4 is 0 Å². The number of piperidine rings is 1. The van der Waals surface area contributed by atoms with E-state index in [4.69, 9.17) is 5.41 Å². The van der Waals surface area contributed by atoms with Crippen molar-refractivity contribution in [2.24, 2.45) is 11.8 Å². The van der Waals surface area contributed by atoms with E-state index in [1.54, 1.807) is 0 Å². The molecule has 12 heavy (non-hydrogen) atoms. The van der Waals surface area contributed by atoms with Crippen molar-refractivity contribution in [2.45, 2.75) is 6.42 Å². The van der Waals surface area contributed by atoms with E-state index in [1.807, 2.05) is 0 Å². The zero-order valence-electron chi connectivity index (χ0n) is 6.92. The van der Waals surface area contributed by atoms with E-state index in [-0.39, 0.29) is 0 Å². The molecule has 3 atom stereocenters. The van der Waals surface area contributed by atoms with Crippen molar-refractivity contribution in [2.75, 3.05) is 26.2 Å². The van der Waals surface area contributed by atoms with Crippen molar-refractivity contribution in [1.29, 1.82) is 5.41 Å². The molecule has 0 radical (unpaired) electrons. The molecule has 2 saturated heterocycles. The highest BCUT2D eigenvalue weighted by atomic mass is 19.1. The van der Waals surface area contributed by atoms with E-state index in [0.717, 1.165) is 13.1 Å². The van der Waals surface area contributed by atoms with Gasteiger partial charge in [0.2, 0.25) is 0 Å². The van der Waals surface area contributed by atoms with Gasteiger partial charge in [0.05, 0.1) is 6.61 Å². The van der Waals surface area contributed by atoms with Crippen molar-refractivity contribution >= 4 is 6.15 Å². The topological polar surface area (TPSA) is 36.3 Å². The van der Waals surface area contributed by atoms with Gasteiger partial charge in [-0.25, -0.2) is 5.41 Å². The smallest absolute Gasteiger partial charge is 0.368 e. The number of rotatable bonds is 2. The highest BCUT2D eigenvalue weighted by Gasteiger charge is 2.38. The van der Waals surface area contributed by atoms with E-state index >= 15 is 0 Å². The summed E-state index contributed by atoms with van der Waals surface area (Å²) in [6.45, 7) is 3.75. The molecular weight excluding hydrogens is 159 g/mol. The molecule has 0 aromatic heterocycles. The molecule has 3 nitrogen and oxygen atoms in total. The second-order valence-electron chi connectivity index (χ2n) is 3.65. The highest BCUT2D eigenvalue weighted by Crippen LogP contribution is 2.32. The van der Waals surface area contributed by atoms with Gasteiger partial charge in [-0.3, -0.25) is 0 Å². The summed E-state index contributed by atoms with van der Waals surface area (Å²) in [4.78, 5) is 2.38. The lowest BCUT2D eigenvalue weighted by atomic mass is 9.94. The van der Waals surface area contributed by atoms with Crippen molar-refractivity contribution < 1.29 is 9.13 Å². The first-order valence-corrected chi connectivity index (χ1v) is 4.35. The molecule has 0 amide bonds. The summed E-state index contributed by atoms with van der Waals surface area (Å²) in [5.41, 5.74) is 0. The Kier molecular flexibility index (Phi) is 2.00. The van der Waals surface area contributed by atoms with E-state index in [9.17, 15) is 4.39 Å². The number of fused-ring (bicyclic) bond motifs is 2. The zero-order valence-corrected chi connectivity index (χ0v) is 6.92. The summed E-state index contributed by atoms with van der Waals surface area (Å²) >= 11 is 0. The van der Waals surface area contributed by atoms with Crippen LogP contribution >= 0.6 is 0 Å². The lowest BCUT2D eigenvalue weighted by molar-refractivity contribution is 0.167. The number of ether oxygens (including phenoxy) is 1. The Morgan fingerprint density at radius 1 is 1.58 bits per heavy atom. The third-order valence-electron chi connectivity index (χ3n) is 2.89. The fourth-order valence-electron chi connectivity index (χ4n) is 2.26. The Hall–Kier alpha value is -0.640. The molecule has 2 heterocycles. The lowest BCUT2D eigenvalue weighted by Crippen LogP contribution is -2.27. The maximum atomic E-state index is 11.9. The lowest BCUT2D eigenvalue weighted by Gasteiger charge is -2.20. The van der Waals surface area contributed by atoms with Crippen LogP contribution in [0.5, 0.6) is 0 Å². The Bertz CT molecular complexity index is 197. The maximum absolute atomic E-state index is 11.9. The normalized spacial score (nSPS) is 38.6. The fourth-order valence-corrected chi connectivity index (χ4v) is 2.26. The van der Waals surface area contributed by atoms with Crippen LogP contribution in [0.1, 0.15) is 6.42 Å². The minimum absolute atomic E-state index is 0.385. The molecule has 0 saturated carbocycles. The van der Waals surface area contributed by atoms with Crippen molar-refractivity contribution in [3.8, 4) is 0 Å². The molecule has 1 N–H and O–H groups in total. The Morgan fingerprint density at radius 3 is 2.92 bits per heavy atom. The molecule has 0 spiro atoms. The second-order valence-corrected chi connectivity index (χ2v) is 3.65. The van der Waals surface area contributed by atoms with Crippen LogP contribution in [0.3, 0.4) is 0 Å². The summed E-state index contributed by atoms with van der Waals surface area (Å²) in [7, 11) is 0. The minimum Gasteiger partial charge on any atom is -0.456 e. The molecule has 4 heteroatoms. The summed E-state index contributed by atoms with van der Waals surface area (Å²) in [6, 6.07) is 0. The van der Waals surface area contributed by atoms with E-state index < -0.39 is 6.15 Å². The Morgan fingerprint density at radius 2 is 2.42 bits per heavy atom. The molecule has 0 aromatic carbocycles. The van der Waals surface area contributed by atoms with Crippen LogP contribution in [0.2, 0.25) is 0 Å². The quantitative estimate of drug-likeness (QED) is 0.495. The van der Waals surface area contributed by atoms with Crippen LogP contribution in [-0.4, -0.2) is 37.3 Å². The zero-order chi connectivity index (χ0) is 8.55. The van der Waals surface area contributed by atoms with Crippen LogP contribution in [0, 0.1) is 17.2 Å². The van der Waals surface area contributed by atoms with Gasteiger partial charge in [0.25, 0.3) is 0 Å². The molecule has 0 aromatic rings. The number of hydrogen-bond acceptors (Lipinski definition) is 3. The highest BCUT2D eigenvalue weighted by molar-refractivity contribution is 5.60. The largest absolute Gasteiger partial charge is 0.456 e. The first kappa shape index (κ1) is 7.98. The molecule has 0 aliphatic carbocycles. The predicted molar refractivity (Wildman–Crippen MR) is 42.8 cm³/mol. The molecule has 2 fully saturated rings. The molecule has 2 bridgehead atoms. The number of halogens is 1. The minimum atomic E-state index is -1.15. The third-order valence-corrected chi connectivity index (χ3v) is 2.89. The average molecular weight is 172 g/mol. The van der Waals surface area contributed by atoms with Gasteiger partial charge in [0, 0.05) is 19.0 Å². The predicted octanol–water partition coefficient (Wildman–Crippen LogP) is 0.859.